The minimum Gasteiger partial charge on any atom is -0.259 e. The number of nitrogens with zero attached hydrogens (tertiary/aromatic N) is 1. The summed E-state index contributed by atoms with van der Waals surface area (Å²) in [5, 5.41) is 8.66. The van der Waals surface area contributed by atoms with Gasteiger partial charge in [0.25, 0.3) is 0 Å². The Morgan fingerprint density at radius 2 is 2.06 bits per heavy atom. The van der Waals surface area contributed by atoms with Crippen molar-refractivity contribution in [2.45, 2.75) is 5.75 Å². The summed E-state index contributed by atoms with van der Waals surface area (Å²) < 4.78 is 46.5. The average Bonchev–Trinajstić information content (AvgIpc) is 2.24. The van der Waals surface area contributed by atoms with Crippen LogP contribution in [0.4, 0.5) is 4.39 Å². The fraction of sp³-hybridized carbons (Fsp3) is 0.364. The van der Waals surface area contributed by atoms with E-state index in [-0.39, 0.29) is 22.8 Å². The molecule has 7 heteroatoms. The quantitative estimate of drug-likeness (QED) is 0.810. The van der Waals surface area contributed by atoms with Crippen LogP contribution in [-0.4, -0.2) is 30.4 Å². The molecule has 0 aliphatic rings. The van der Waals surface area contributed by atoms with Crippen LogP contribution >= 0.6 is 0 Å². The van der Waals surface area contributed by atoms with Crippen LogP contribution in [0.15, 0.2) is 18.2 Å². The summed E-state index contributed by atoms with van der Waals surface area (Å²) in [7, 11) is -4.54. The van der Waals surface area contributed by atoms with E-state index < -0.39 is 26.5 Å². The molecular formula is C11H12FNO3S2. The van der Waals surface area contributed by atoms with Crippen molar-refractivity contribution in [3.05, 3.63) is 35.1 Å². The summed E-state index contributed by atoms with van der Waals surface area (Å²) in [4.78, 5) is 0. The maximum absolute atomic E-state index is 13.1. The third-order valence-electron chi connectivity index (χ3n) is 2.10. The number of hydrogen-bond acceptors (Lipinski definition) is 4. The Morgan fingerprint density at radius 1 is 1.39 bits per heavy atom. The van der Waals surface area contributed by atoms with Crippen molar-refractivity contribution in [2.75, 3.05) is 17.8 Å². The number of halogens is 1. The summed E-state index contributed by atoms with van der Waals surface area (Å²) in [5.41, 5.74) is 0.587. The topological polar surface area (TPSA) is 75.0 Å². The summed E-state index contributed by atoms with van der Waals surface area (Å²) in [6.45, 7) is 0. The molecule has 0 saturated heterocycles. The molecule has 0 N–H and O–H groups in total. The largest absolute Gasteiger partial charge is 0.259 e. The molecule has 1 rings (SSSR count). The van der Waals surface area contributed by atoms with Crippen LogP contribution < -0.4 is 0 Å². The van der Waals surface area contributed by atoms with Crippen LogP contribution in [-0.2, 0) is 26.4 Å². The molecule has 0 heterocycles. The van der Waals surface area contributed by atoms with Gasteiger partial charge in [0.05, 0.1) is 17.4 Å². The molecule has 1 atom stereocenters. The molecule has 0 radical (unpaired) electrons. The van der Waals surface area contributed by atoms with Gasteiger partial charge in [-0.3, -0.25) is 4.21 Å². The normalized spacial score (nSPS) is 12.9. The highest BCUT2D eigenvalue weighted by molar-refractivity contribution is 7.92. The van der Waals surface area contributed by atoms with Gasteiger partial charge in [0.15, 0.2) is 0 Å². The Hall–Kier alpha value is -1.26. The Kier molecular flexibility index (Phi) is 4.99. The van der Waals surface area contributed by atoms with Gasteiger partial charge in [-0.2, -0.15) is 5.26 Å². The van der Waals surface area contributed by atoms with Crippen molar-refractivity contribution < 1.29 is 17.0 Å². The van der Waals surface area contributed by atoms with Crippen LogP contribution in [0.3, 0.4) is 0 Å². The Morgan fingerprint density at radius 3 is 2.61 bits per heavy atom. The Balaban J connectivity index is 2.71. The van der Waals surface area contributed by atoms with Gasteiger partial charge in [0, 0.05) is 28.6 Å². The lowest BCUT2D eigenvalue weighted by Gasteiger charge is -2.03. The standard InChI is InChI=1S/C11H12FNO3S2/c1-18(15,16)3-2-17(14)8-10-4-9(7-13)5-11(12)6-10/h4-6H,2-3,8H2,1H3. The third kappa shape index (κ3) is 5.38. The molecule has 1 aromatic carbocycles. The molecule has 4 nitrogen and oxygen atoms in total. The predicted octanol–water partition coefficient (Wildman–Crippen LogP) is 0.991. The van der Waals surface area contributed by atoms with E-state index in [0.29, 0.717) is 5.56 Å². The first-order valence-electron chi connectivity index (χ1n) is 5.02. The molecule has 0 bridgehead atoms. The Labute approximate surface area is 108 Å². The molecule has 1 aromatic rings. The fourth-order valence-corrected chi connectivity index (χ4v) is 3.94. The molecule has 0 aliphatic heterocycles. The lowest BCUT2D eigenvalue weighted by atomic mass is 10.1. The second-order valence-electron chi connectivity index (χ2n) is 3.88. The van der Waals surface area contributed by atoms with Crippen molar-refractivity contribution in [3.8, 4) is 6.07 Å². The van der Waals surface area contributed by atoms with E-state index in [1.54, 1.807) is 6.07 Å². The van der Waals surface area contributed by atoms with Crippen molar-refractivity contribution in [3.63, 3.8) is 0 Å². The van der Waals surface area contributed by atoms with Gasteiger partial charge < -0.3 is 0 Å². The van der Waals surface area contributed by atoms with Crippen molar-refractivity contribution >= 4 is 20.6 Å². The highest BCUT2D eigenvalue weighted by Gasteiger charge is 2.09. The highest BCUT2D eigenvalue weighted by atomic mass is 32.2. The molecule has 98 valence electrons. The molecule has 0 fully saturated rings. The molecule has 18 heavy (non-hydrogen) atoms. The number of benzene rings is 1. The first-order chi connectivity index (χ1) is 8.30. The van der Waals surface area contributed by atoms with Crippen LogP contribution in [0.25, 0.3) is 0 Å². The molecule has 0 amide bonds. The van der Waals surface area contributed by atoms with Gasteiger partial charge in [-0.1, -0.05) is 0 Å². The minimum atomic E-state index is -3.15. The highest BCUT2D eigenvalue weighted by Crippen LogP contribution is 2.11. The lowest BCUT2D eigenvalue weighted by Crippen LogP contribution is -2.12. The van der Waals surface area contributed by atoms with E-state index in [1.165, 1.54) is 12.1 Å². The third-order valence-corrected chi connectivity index (χ3v) is 4.62. The second-order valence-corrected chi connectivity index (χ2v) is 7.71. The zero-order valence-corrected chi connectivity index (χ0v) is 11.4. The summed E-state index contributed by atoms with van der Waals surface area (Å²) in [6, 6.07) is 5.53. The van der Waals surface area contributed by atoms with Crippen LogP contribution in [0.2, 0.25) is 0 Å². The van der Waals surface area contributed by atoms with Gasteiger partial charge in [-0.05, 0) is 23.8 Å². The minimum absolute atomic E-state index is 0.0111. The zero-order valence-electron chi connectivity index (χ0n) is 9.72. The number of nitriles is 1. The molecular weight excluding hydrogens is 277 g/mol. The Bertz CT molecular complexity index is 605. The average molecular weight is 289 g/mol. The molecule has 0 aliphatic carbocycles. The smallest absolute Gasteiger partial charge is 0.148 e. The van der Waals surface area contributed by atoms with E-state index in [2.05, 4.69) is 0 Å². The van der Waals surface area contributed by atoms with Crippen molar-refractivity contribution in [2.24, 2.45) is 0 Å². The van der Waals surface area contributed by atoms with Crippen molar-refractivity contribution in [1.29, 1.82) is 5.26 Å². The second kappa shape index (κ2) is 6.07. The molecule has 0 aromatic heterocycles. The summed E-state index contributed by atoms with van der Waals surface area (Å²) >= 11 is 0. The maximum atomic E-state index is 13.1. The van der Waals surface area contributed by atoms with Crippen LogP contribution in [0.1, 0.15) is 11.1 Å². The van der Waals surface area contributed by atoms with E-state index in [9.17, 15) is 17.0 Å². The van der Waals surface area contributed by atoms with Crippen molar-refractivity contribution in [1.82, 2.24) is 0 Å². The first kappa shape index (κ1) is 14.8. The van der Waals surface area contributed by atoms with Gasteiger partial charge in [-0.15, -0.1) is 0 Å². The van der Waals surface area contributed by atoms with Gasteiger partial charge >= 0.3 is 0 Å². The molecule has 0 spiro atoms. The maximum Gasteiger partial charge on any atom is 0.148 e. The van der Waals surface area contributed by atoms with E-state index in [1.807, 2.05) is 0 Å². The summed E-state index contributed by atoms with van der Waals surface area (Å²) in [6.07, 6.45) is 1.07. The number of rotatable bonds is 5. The molecule has 0 saturated carbocycles. The first-order valence-corrected chi connectivity index (χ1v) is 8.57. The van der Waals surface area contributed by atoms with E-state index in [4.69, 9.17) is 5.26 Å². The number of sulfone groups is 1. The fourth-order valence-electron chi connectivity index (χ4n) is 1.30. The number of hydrogen-bond donors (Lipinski definition) is 0. The van der Waals surface area contributed by atoms with E-state index in [0.717, 1.165) is 12.3 Å². The molecule has 1 unspecified atom stereocenters. The monoisotopic (exact) mass is 289 g/mol. The van der Waals surface area contributed by atoms with Crippen LogP contribution in [0.5, 0.6) is 0 Å². The van der Waals surface area contributed by atoms with Gasteiger partial charge in [0.1, 0.15) is 15.7 Å². The van der Waals surface area contributed by atoms with Gasteiger partial charge in [0.2, 0.25) is 0 Å². The zero-order chi connectivity index (χ0) is 13.8. The van der Waals surface area contributed by atoms with E-state index >= 15 is 0 Å². The lowest BCUT2D eigenvalue weighted by molar-refractivity contribution is 0.602. The summed E-state index contributed by atoms with van der Waals surface area (Å²) in [5.74, 6) is -0.677. The SMILES string of the molecule is CS(=O)(=O)CCS(=O)Cc1cc(F)cc(C#N)c1. The van der Waals surface area contributed by atoms with Gasteiger partial charge in [-0.25, -0.2) is 12.8 Å². The van der Waals surface area contributed by atoms with Crippen LogP contribution in [0, 0.1) is 17.1 Å². The predicted molar refractivity (Wildman–Crippen MR) is 67.5 cm³/mol.